The van der Waals surface area contributed by atoms with Crippen LogP contribution in [0.15, 0.2) is 54.6 Å². The van der Waals surface area contributed by atoms with Gasteiger partial charge in [0.2, 0.25) is 5.91 Å². The van der Waals surface area contributed by atoms with Gasteiger partial charge in [0, 0.05) is 24.6 Å². The lowest BCUT2D eigenvalue weighted by Crippen LogP contribution is -2.41. The van der Waals surface area contributed by atoms with E-state index < -0.39 is 0 Å². The van der Waals surface area contributed by atoms with Crippen molar-refractivity contribution >= 4 is 16.9 Å². The number of hydrogen-bond donors (Lipinski definition) is 1. The predicted molar refractivity (Wildman–Crippen MR) is 109 cm³/mol. The smallest absolute Gasteiger partial charge is 0.220 e. The summed E-state index contributed by atoms with van der Waals surface area (Å²) in [6.07, 6.45) is 5.94. The van der Waals surface area contributed by atoms with Crippen LogP contribution in [0.1, 0.15) is 44.9 Å². The van der Waals surface area contributed by atoms with E-state index in [1.54, 1.807) is 0 Å². The molecule has 0 saturated heterocycles. The molecular formula is C23H27N3O. The maximum absolute atomic E-state index is 12.5. The number of fused-ring (bicyclic) bond motifs is 1. The standard InChI is InChI=1S/C23H27N3O/c1-17-9-5-6-12-19(17)25-23(27)16-15-22-24-20-13-7-8-14-21(20)26(22)18-10-3-2-4-11-18/h2-4,7-8,10-11,13-14,17,19H,5-6,9,12,15-16H2,1H3,(H,25,27)/t17-,19+/m1/s1. The van der Waals surface area contributed by atoms with Gasteiger partial charge in [-0.3, -0.25) is 9.36 Å². The van der Waals surface area contributed by atoms with Crippen molar-refractivity contribution in [2.75, 3.05) is 0 Å². The third-order valence-corrected chi connectivity index (χ3v) is 5.68. The Balaban J connectivity index is 1.53. The molecule has 4 nitrogen and oxygen atoms in total. The van der Waals surface area contributed by atoms with Gasteiger partial charge in [-0.15, -0.1) is 0 Å². The minimum Gasteiger partial charge on any atom is -0.353 e. The van der Waals surface area contributed by atoms with Crippen molar-refractivity contribution < 1.29 is 4.79 Å². The van der Waals surface area contributed by atoms with Crippen molar-refractivity contribution in [2.45, 2.75) is 51.5 Å². The first-order valence-electron chi connectivity index (χ1n) is 10.0. The Morgan fingerprint density at radius 1 is 1.07 bits per heavy atom. The highest BCUT2D eigenvalue weighted by atomic mass is 16.1. The molecular weight excluding hydrogens is 334 g/mol. The topological polar surface area (TPSA) is 46.9 Å². The Morgan fingerprint density at radius 2 is 1.81 bits per heavy atom. The molecule has 2 aromatic carbocycles. The van der Waals surface area contributed by atoms with Crippen LogP contribution in [-0.2, 0) is 11.2 Å². The second-order valence-corrected chi connectivity index (χ2v) is 7.62. The van der Waals surface area contributed by atoms with E-state index in [2.05, 4.69) is 35.0 Å². The molecule has 2 atom stereocenters. The van der Waals surface area contributed by atoms with Gasteiger partial charge in [-0.25, -0.2) is 4.98 Å². The molecule has 1 aliphatic carbocycles. The molecule has 0 bridgehead atoms. The summed E-state index contributed by atoms with van der Waals surface area (Å²) in [5.41, 5.74) is 3.14. The molecule has 1 aromatic heterocycles. The number of benzene rings is 2. The number of carbonyl (C=O) groups is 1. The van der Waals surface area contributed by atoms with E-state index in [4.69, 9.17) is 4.98 Å². The first kappa shape index (κ1) is 17.8. The van der Waals surface area contributed by atoms with Crippen LogP contribution in [-0.4, -0.2) is 21.5 Å². The van der Waals surface area contributed by atoms with Crippen LogP contribution in [0.5, 0.6) is 0 Å². The van der Waals surface area contributed by atoms with Gasteiger partial charge >= 0.3 is 0 Å². The fourth-order valence-electron chi connectivity index (χ4n) is 4.14. The second-order valence-electron chi connectivity index (χ2n) is 7.62. The second kappa shape index (κ2) is 7.95. The quantitative estimate of drug-likeness (QED) is 0.719. The van der Waals surface area contributed by atoms with Crippen molar-refractivity contribution in [2.24, 2.45) is 5.92 Å². The van der Waals surface area contributed by atoms with E-state index in [9.17, 15) is 4.79 Å². The van der Waals surface area contributed by atoms with Crippen molar-refractivity contribution in [1.29, 1.82) is 0 Å². The molecule has 1 fully saturated rings. The van der Waals surface area contributed by atoms with Gasteiger partial charge in [-0.05, 0) is 43.0 Å². The average molecular weight is 361 g/mol. The largest absolute Gasteiger partial charge is 0.353 e. The molecule has 4 heteroatoms. The summed E-state index contributed by atoms with van der Waals surface area (Å²) in [5, 5.41) is 3.26. The molecule has 0 aliphatic heterocycles. The Labute approximate surface area is 160 Å². The molecule has 4 rings (SSSR count). The van der Waals surface area contributed by atoms with E-state index in [1.165, 1.54) is 19.3 Å². The molecule has 0 unspecified atom stereocenters. The number of nitrogens with zero attached hydrogens (tertiary/aromatic N) is 2. The van der Waals surface area contributed by atoms with Crippen molar-refractivity contribution in [3.05, 3.63) is 60.4 Å². The summed E-state index contributed by atoms with van der Waals surface area (Å²) in [6.45, 7) is 2.25. The summed E-state index contributed by atoms with van der Waals surface area (Å²) in [5.74, 6) is 1.66. The monoisotopic (exact) mass is 361 g/mol. The highest BCUT2D eigenvalue weighted by molar-refractivity contribution is 5.79. The van der Waals surface area contributed by atoms with Crippen LogP contribution in [0.4, 0.5) is 0 Å². The molecule has 140 valence electrons. The van der Waals surface area contributed by atoms with E-state index in [0.717, 1.165) is 29.0 Å². The van der Waals surface area contributed by atoms with Crippen LogP contribution in [0.3, 0.4) is 0 Å². The van der Waals surface area contributed by atoms with E-state index in [-0.39, 0.29) is 5.91 Å². The number of carbonyl (C=O) groups excluding carboxylic acids is 1. The van der Waals surface area contributed by atoms with Crippen LogP contribution in [0.25, 0.3) is 16.7 Å². The fourth-order valence-corrected chi connectivity index (χ4v) is 4.14. The van der Waals surface area contributed by atoms with Gasteiger partial charge in [0.1, 0.15) is 5.82 Å². The Hall–Kier alpha value is -2.62. The lowest BCUT2D eigenvalue weighted by atomic mass is 9.86. The molecule has 1 aliphatic rings. The molecule has 1 N–H and O–H groups in total. The molecule has 1 saturated carbocycles. The number of hydrogen-bond acceptors (Lipinski definition) is 2. The number of amides is 1. The number of rotatable bonds is 5. The average Bonchev–Trinajstić information content (AvgIpc) is 3.07. The first-order valence-corrected chi connectivity index (χ1v) is 10.0. The maximum Gasteiger partial charge on any atom is 0.220 e. The Bertz CT molecular complexity index is 916. The van der Waals surface area contributed by atoms with Crippen LogP contribution < -0.4 is 5.32 Å². The SMILES string of the molecule is C[C@@H]1CCCC[C@@H]1NC(=O)CCc1nc2ccccc2n1-c1ccccc1. The van der Waals surface area contributed by atoms with Gasteiger partial charge in [0.05, 0.1) is 11.0 Å². The lowest BCUT2D eigenvalue weighted by molar-refractivity contribution is -0.122. The van der Waals surface area contributed by atoms with Gasteiger partial charge in [0.15, 0.2) is 0 Å². The normalized spacial score (nSPS) is 19.9. The van der Waals surface area contributed by atoms with Crippen LogP contribution >= 0.6 is 0 Å². The van der Waals surface area contributed by atoms with Crippen molar-refractivity contribution in [1.82, 2.24) is 14.9 Å². The summed E-state index contributed by atoms with van der Waals surface area (Å²) >= 11 is 0. The van der Waals surface area contributed by atoms with Crippen LogP contribution in [0.2, 0.25) is 0 Å². The molecule has 0 spiro atoms. The highest BCUT2D eigenvalue weighted by Crippen LogP contribution is 2.24. The molecule has 1 amide bonds. The van der Waals surface area contributed by atoms with Crippen molar-refractivity contribution in [3.63, 3.8) is 0 Å². The molecule has 3 aromatic rings. The zero-order valence-corrected chi connectivity index (χ0v) is 15.9. The summed E-state index contributed by atoms with van der Waals surface area (Å²) in [7, 11) is 0. The number of para-hydroxylation sites is 3. The zero-order chi connectivity index (χ0) is 18.6. The first-order chi connectivity index (χ1) is 13.2. The minimum atomic E-state index is 0.139. The van der Waals surface area contributed by atoms with Gasteiger partial charge in [0.25, 0.3) is 0 Å². The number of aromatic nitrogens is 2. The molecule has 27 heavy (non-hydrogen) atoms. The third-order valence-electron chi connectivity index (χ3n) is 5.68. The minimum absolute atomic E-state index is 0.139. The Morgan fingerprint density at radius 3 is 2.63 bits per heavy atom. The maximum atomic E-state index is 12.5. The lowest BCUT2D eigenvalue weighted by Gasteiger charge is -2.29. The predicted octanol–water partition coefficient (Wildman–Crippen LogP) is 4.65. The fraction of sp³-hybridized carbons (Fsp3) is 0.391. The van der Waals surface area contributed by atoms with Gasteiger partial charge in [-0.1, -0.05) is 50.1 Å². The zero-order valence-electron chi connectivity index (χ0n) is 15.9. The number of imidazole rings is 1. The molecule has 1 heterocycles. The van der Waals surface area contributed by atoms with Gasteiger partial charge in [-0.2, -0.15) is 0 Å². The molecule has 0 radical (unpaired) electrons. The van der Waals surface area contributed by atoms with E-state index >= 15 is 0 Å². The Kier molecular flexibility index (Phi) is 5.23. The van der Waals surface area contributed by atoms with Crippen molar-refractivity contribution in [3.8, 4) is 5.69 Å². The highest BCUT2D eigenvalue weighted by Gasteiger charge is 2.23. The number of nitrogens with one attached hydrogen (secondary N) is 1. The summed E-state index contributed by atoms with van der Waals surface area (Å²) in [6, 6.07) is 18.7. The van der Waals surface area contributed by atoms with Gasteiger partial charge < -0.3 is 5.32 Å². The summed E-state index contributed by atoms with van der Waals surface area (Å²) in [4.78, 5) is 17.4. The summed E-state index contributed by atoms with van der Waals surface area (Å²) < 4.78 is 2.17. The third kappa shape index (κ3) is 3.90. The van der Waals surface area contributed by atoms with E-state index in [1.807, 2.05) is 36.4 Å². The number of aryl methyl sites for hydroxylation is 1. The van der Waals surface area contributed by atoms with Crippen LogP contribution in [0, 0.1) is 5.92 Å². The van der Waals surface area contributed by atoms with E-state index in [0.29, 0.717) is 24.8 Å².